The van der Waals surface area contributed by atoms with E-state index in [9.17, 15) is 4.79 Å². The Hall–Kier alpha value is -0.200. The van der Waals surface area contributed by atoms with Gasteiger partial charge in [0.25, 0.3) is 0 Å². The Kier molecular flexibility index (Phi) is 3.25. The van der Waals surface area contributed by atoms with E-state index in [0.29, 0.717) is 0 Å². The number of amides is 1. The summed E-state index contributed by atoms with van der Waals surface area (Å²) in [6, 6.07) is 3.89. The van der Waals surface area contributed by atoms with Gasteiger partial charge in [-0.1, -0.05) is 37.9 Å². The van der Waals surface area contributed by atoms with Crippen LogP contribution >= 0.6 is 43.2 Å². The van der Waals surface area contributed by atoms with Crippen molar-refractivity contribution < 1.29 is 4.79 Å². The van der Waals surface area contributed by atoms with Crippen molar-refractivity contribution in [2.45, 2.75) is 16.6 Å². The molecule has 86 valence electrons. The number of hydrazone groups is 1. The van der Waals surface area contributed by atoms with Crippen LogP contribution in [0.3, 0.4) is 0 Å². The minimum absolute atomic E-state index is 0.0749. The topological polar surface area (TPSA) is 41.5 Å². The molecular formula is C10H10Br2N2OS. The highest BCUT2D eigenvalue weighted by atomic mass is 79.9. The average molecular weight is 366 g/mol. The molecule has 0 radical (unpaired) electrons. The third-order valence-corrected chi connectivity index (χ3v) is 5.78. The summed E-state index contributed by atoms with van der Waals surface area (Å²) in [6.07, 6.45) is 2.42. The van der Waals surface area contributed by atoms with Gasteiger partial charge in [-0.05, 0) is 24.8 Å². The molecule has 1 aromatic rings. The summed E-state index contributed by atoms with van der Waals surface area (Å²) >= 11 is 8.47. The number of carbonyl (C=O) groups excluding carboxylic acids is 1. The lowest BCUT2D eigenvalue weighted by Crippen LogP contribution is -2.29. The molecule has 0 aromatic carbocycles. The number of rotatable bonds is 3. The lowest BCUT2D eigenvalue weighted by molar-refractivity contribution is -0.125. The maximum atomic E-state index is 11.8. The molecule has 0 aliphatic heterocycles. The molecule has 1 N–H and O–H groups in total. The van der Waals surface area contributed by atoms with Gasteiger partial charge >= 0.3 is 0 Å². The summed E-state index contributed by atoms with van der Waals surface area (Å²) in [6.45, 7) is 1.90. The number of thiophene rings is 1. The lowest BCUT2D eigenvalue weighted by Gasteiger charge is -2.09. The smallest absolute Gasteiger partial charge is 0.248 e. The van der Waals surface area contributed by atoms with Gasteiger partial charge in [-0.25, -0.2) is 5.43 Å². The molecular weight excluding hydrogens is 356 g/mol. The molecule has 16 heavy (non-hydrogen) atoms. The summed E-state index contributed by atoms with van der Waals surface area (Å²) in [5.41, 5.74) is 2.14. The Morgan fingerprint density at radius 2 is 2.38 bits per heavy atom. The van der Waals surface area contributed by atoms with Crippen LogP contribution in [0.25, 0.3) is 0 Å². The second kappa shape index (κ2) is 4.23. The predicted octanol–water partition coefficient (Wildman–Crippen LogP) is 3.09. The third-order valence-electron chi connectivity index (χ3n) is 2.66. The first-order valence-electron chi connectivity index (χ1n) is 4.70. The molecule has 3 nitrogen and oxygen atoms in total. The summed E-state index contributed by atoms with van der Waals surface area (Å²) in [5, 5.41) is 5.90. The Balaban J connectivity index is 1.90. The normalized spacial score (nSPS) is 26.9. The molecule has 1 aromatic heterocycles. The van der Waals surface area contributed by atoms with E-state index in [1.54, 1.807) is 17.6 Å². The van der Waals surface area contributed by atoms with Crippen LogP contribution in [-0.4, -0.2) is 15.4 Å². The van der Waals surface area contributed by atoms with Crippen LogP contribution in [0.2, 0.25) is 0 Å². The van der Waals surface area contributed by atoms with Gasteiger partial charge in [0.2, 0.25) is 5.91 Å². The Morgan fingerprint density at radius 3 is 2.88 bits per heavy atom. The fourth-order valence-corrected chi connectivity index (χ4v) is 3.36. The molecule has 2 rings (SSSR count). The largest absolute Gasteiger partial charge is 0.272 e. The number of hydrogen-bond donors (Lipinski definition) is 1. The van der Waals surface area contributed by atoms with Crippen molar-refractivity contribution >= 4 is 55.3 Å². The van der Waals surface area contributed by atoms with Crippen molar-refractivity contribution in [1.82, 2.24) is 5.43 Å². The van der Waals surface area contributed by atoms with Crippen molar-refractivity contribution in [1.29, 1.82) is 0 Å². The maximum absolute atomic E-state index is 11.8. The van der Waals surface area contributed by atoms with Gasteiger partial charge in [-0.2, -0.15) is 5.10 Å². The van der Waals surface area contributed by atoms with Crippen LogP contribution in [-0.2, 0) is 4.79 Å². The van der Waals surface area contributed by atoms with E-state index in [-0.39, 0.29) is 9.14 Å². The van der Waals surface area contributed by atoms with Gasteiger partial charge < -0.3 is 0 Å². The number of alkyl halides is 2. The van der Waals surface area contributed by atoms with Crippen molar-refractivity contribution in [3.8, 4) is 0 Å². The molecule has 1 fully saturated rings. The summed E-state index contributed by atoms with van der Waals surface area (Å²) in [7, 11) is 0. The third kappa shape index (κ3) is 2.24. The summed E-state index contributed by atoms with van der Waals surface area (Å²) < 4.78 is -0.268. The Labute approximate surface area is 115 Å². The van der Waals surface area contributed by atoms with Crippen molar-refractivity contribution in [2.75, 3.05) is 0 Å². The van der Waals surface area contributed by atoms with Crippen LogP contribution in [0.5, 0.6) is 0 Å². The first-order chi connectivity index (χ1) is 7.46. The van der Waals surface area contributed by atoms with Crippen LogP contribution in [0, 0.1) is 5.41 Å². The number of halogens is 2. The molecule has 1 unspecified atom stereocenters. The van der Waals surface area contributed by atoms with E-state index in [1.165, 1.54) is 0 Å². The minimum Gasteiger partial charge on any atom is -0.272 e. The van der Waals surface area contributed by atoms with Gasteiger partial charge in [-0.15, -0.1) is 11.3 Å². The first-order valence-corrected chi connectivity index (χ1v) is 7.17. The summed E-state index contributed by atoms with van der Waals surface area (Å²) in [4.78, 5) is 12.8. The Bertz CT molecular complexity index is 430. The quantitative estimate of drug-likeness (QED) is 0.499. The monoisotopic (exact) mass is 364 g/mol. The van der Waals surface area contributed by atoms with E-state index in [4.69, 9.17) is 0 Å². The SMILES string of the molecule is CC1(C(=O)N/N=C/c2cccs2)CC1(Br)Br. The molecule has 1 amide bonds. The highest BCUT2D eigenvalue weighted by molar-refractivity contribution is 9.25. The fraction of sp³-hybridized carbons (Fsp3) is 0.400. The van der Waals surface area contributed by atoms with E-state index in [0.717, 1.165) is 11.3 Å². The first kappa shape index (κ1) is 12.3. The second-order valence-electron chi connectivity index (χ2n) is 3.93. The molecule has 6 heteroatoms. The zero-order valence-corrected chi connectivity index (χ0v) is 12.5. The Morgan fingerprint density at radius 1 is 1.69 bits per heavy atom. The van der Waals surface area contributed by atoms with Gasteiger partial charge in [0.15, 0.2) is 0 Å². The second-order valence-corrected chi connectivity index (χ2v) is 8.68. The molecule has 0 spiro atoms. The fourth-order valence-electron chi connectivity index (χ4n) is 1.29. The standard InChI is InChI=1S/C10H10Br2N2OS/c1-9(6-10(9,11)12)8(15)14-13-5-7-3-2-4-16-7/h2-5H,6H2,1H3,(H,14,15)/b13-5+. The zero-order valence-electron chi connectivity index (χ0n) is 8.54. The van der Waals surface area contributed by atoms with Gasteiger partial charge in [0.1, 0.15) is 0 Å². The van der Waals surface area contributed by atoms with Crippen molar-refractivity contribution in [2.24, 2.45) is 10.5 Å². The van der Waals surface area contributed by atoms with Crippen LogP contribution < -0.4 is 5.43 Å². The van der Waals surface area contributed by atoms with E-state index in [1.807, 2.05) is 24.4 Å². The van der Waals surface area contributed by atoms with Gasteiger partial charge in [-0.3, -0.25) is 4.79 Å². The molecule has 0 bridgehead atoms. The number of nitrogens with zero attached hydrogens (tertiary/aromatic N) is 1. The van der Waals surface area contributed by atoms with E-state index >= 15 is 0 Å². The molecule has 1 saturated carbocycles. The average Bonchev–Trinajstić information content (AvgIpc) is 2.64. The predicted molar refractivity (Wildman–Crippen MR) is 73.4 cm³/mol. The van der Waals surface area contributed by atoms with Crippen molar-refractivity contribution in [3.63, 3.8) is 0 Å². The minimum atomic E-state index is -0.417. The molecule has 1 aliphatic carbocycles. The maximum Gasteiger partial charge on any atom is 0.248 e. The van der Waals surface area contributed by atoms with Gasteiger partial charge in [0.05, 0.1) is 14.9 Å². The number of nitrogens with one attached hydrogen (secondary N) is 1. The number of hydrogen-bond acceptors (Lipinski definition) is 3. The van der Waals surface area contributed by atoms with E-state index < -0.39 is 5.41 Å². The molecule has 1 atom stereocenters. The zero-order chi connectivity index (χ0) is 11.8. The van der Waals surface area contributed by atoms with Crippen LogP contribution in [0.15, 0.2) is 22.6 Å². The van der Waals surface area contributed by atoms with Crippen LogP contribution in [0.4, 0.5) is 0 Å². The molecule has 1 heterocycles. The highest BCUT2D eigenvalue weighted by Gasteiger charge is 2.66. The summed E-state index contributed by atoms with van der Waals surface area (Å²) in [5.74, 6) is -0.0749. The van der Waals surface area contributed by atoms with E-state index in [2.05, 4.69) is 42.4 Å². The molecule has 1 aliphatic rings. The van der Waals surface area contributed by atoms with Crippen molar-refractivity contribution in [3.05, 3.63) is 22.4 Å². The molecule has 0 saturated heterocycles. The lowest BCUT2D eigenvalue weighted by atomic mass is 10.1. The highest BCUT2D eigenvalue weighted by Crippen LogP contribution is 2.66. The van der Waals surface area contributed by atoms with Crippen LogP contribution in [0.1, 0.15) is 18.2 Å². The number of carbonyl (C=O) groups is 1. The van der Waals surface area contributed by atoms with Gasteiger partial charge in [0, 0.05) is 4.88 Å².